The lowest BCUT2D eigenvalue weighted by atomic mass is 10.2. The molecule has 0 heterocycles. The lowest BCUT2D eigenvalue weighted by molar-refractivity contribution is -0.274. The molecule has 2 rings (SSSR count). The van der Waals surface area contributed by atoms with E-state index < -0.39 is 29.7 Å². The van der Waals surface area contributed by atoms with Gasteiger partial charge in [-0.05, 0) is 36.4 Å². The van der Waals surface area contributed by atoms with Crippen molar-refractivity contribution in [1.29, 1.82) is 0 Å². The predicted molar refractivity (Wildman–Crippen MR) is 85.9 cm³/mol. The van der Waals surface area contributed by atoms with Crippen LogP contribution in [-0.2, 0) is 4.79 Å². The molecule has 0 aliphatic rings. The first kappa shape index (κ1) is 19.6. The van der Waals surface area contributed by atoms with Gasteiger partial charge in [0.1, 0.15) is 11.6 Å². The number of carbonyl (C=O) groups is 2. The summed E-state index contributed by atoms with van der Waals surface area (Å²) in [6, 6.07) is 10.1. The van der Waals surface area contributed by atoms with E-state index in [0.29, 0.717) is 0 Å². The zero-order valence-electron chi connectivity index (χ0n) is 13.0. The summed E-state index contributed by atoms with van der Waals surface area (Å²) in [5.41, 5.74) is 4.25. The number of hydrogen-bond donors (Lipinski definition) is 2. The smallest absolute Gasteiger partial charge is 0.406 e. The van der Waals surface area contributed by atoms with Crippen molar-refractivity contribution < 1.29 is 31.9 Å². The van der Waals surface area contributed by atoms with Crippen molar-refractivity contribution in [3.05, 3.63) is 59.9 Å². The molecule has 0 saturated heterocycles. The molecule has 0 bridgehead atoms. The van der Waals surface area contributed by atoms with Crippen LogP contribution in [0.3, 0.4) is 0 Å². The molecule has 0 fully saturated rings. The van der Waals surface area contributed by atoms with E-state index in [4.69, 9.17) is 0 Å². The van der Waals surface area contributed by atoms with E-state index in [2.05, 4.69) is 15.6 Å². The van der Waals surface area contributed by atoms with Crippen molar-refractivity contribution in [3.63, 3.8) is 0 Å². The van der Waals surface area contributed by atoms with E-state index in [1.165, 1.54) is 18.2 Å². The highest BCUT2D eigenvalue weighted by Gasteiger charge is 2.31. The Labute approximate surface area is 149 Å². The molecule has 2 aromatic rings. The maximum absolute atomic E-state index is 13.4. The third-order valence-electron chi connectivity index (χ3n) is 2.86. The highest BCUT2D eigenvalue weighted by atomic mass is 32.2. The van der Waals surface area contributed by atoms with Gasteiger partial charge in [0.25, 0.3) is 5.91 Å². The number of hydrazine groups is 1. The normalized spacial score (nSPS) is 10.9. The summed E-state index contributed by atoms with van der Waals surface area (Å²) in [5.74, 6) is -2.38. The summed E-state index contributed by atoms with van der Waals surface area (Å²) in [6.45, 7) is 0. The Morgan fingerprint density at radius 3 is 2.27 bits per heavy atom. The van der Waals surface area contributed by atoms with Gasteiger partial charge in [-0.25, -0.2) is 4.39 Å². The van der Waals surface area contributed by atoms with Gasteiger partial charge in [0.15, 0.2) is 0 Å². The van der Waals surface area contributed by atoms with Crippen molar-refractivity contribution >= 4 is 23.6 Å². The van der Waals surface area contributed by atoms with Gasteiger partial charge in [-0.3, -0.25) is 20.4 Å². The van der Waals surface area contributed by atoms with E-state index in [9.17, 15) is 27.2 Å². The Balaban J connectivity index is 1.80. The minimum Gasteiger partial charge on any atom is -0.406 e. The highest BCUT2D eigenvalue weighted by molar-refractivity contribution is 8.00. The van der Waals surface area contributed by atoms with Gasteiger partial charge >= 0.3 is 6.36 Å². The molecule has 2 amide bonds. The molecule has 2 N–H and O–H groups in total. The molecule has 0 spiro atoms. The molecular weight excluding hydrogens is 376 g/mol. The minimum atomic E-state index is -4.83. The zero-order valence-corrected chi connectivity index (χ0v) is 13.8. The van der Waals surface area contributed by atoms with Gasteiger partial charge in [-0.15, -0.1) is 24.9 Å². The summed E-state index contributed by atoms with van der Waals surface area (Å²) in [6.07, 6.45) is -4.83. The topological polar surface area (TPSA) is 67.4 Å². The average Bonchev–Trinajstić information content (AvgIpc) is 2.58. The fourth-order valence-corrected chi connectivity index (χ4v) is 2.49. The minimum absolute atomic E-state index is 0.0154. The number of benzene rings is 2. The molecule has 0 aliphatic heterocycles. The van der Waals surface area contributed by atoms with Crippen molar-refractivity contribution in [1.82, 2.24) is 10.9 Å². The Kier molecular flexibility index (Phi) is 6.45. The van der Waals surface area contributed by atoms with Gasteiger partial charge < -0.3 is 4.74 Å². The lowest BCUT2D eigenvalue weighted by Crippen LogP contribution is -2.42. The number of thioether (sulfide) groups is 1. The van der Waals surface area contributed by atoms with E-state index >= 15 is 0 Å². The summed E-state index contributed by atoms with van der Waals surface area (Å²) >= 11 is 0.948. The Hall–Kier alpha value is -2.75. The first-order chi connectivity index (χ1) is 12.2. The number of carbonyl (C=O) groups excluding carboxylic acids is 2. The van der Waals surface area contributed by atoms with Crippen LogP contribution in [-0.4, -0.2) is 23.9 Å². The second kappa shape index (κ2) is 8.56. The highest BCUT2D eigenvalue weighted by Crippen LogP contribution is 2.23. The Morgan fingerprint density at radius 1 is 1.00 bits per heavy atom. The second-order valence-corrected chi connectivity index (χ2v) is 5.81. The number of ether oxygens (including phenoxy) is 1. The number of rotatable bonds is 5. The van der Waals surface area contributed by atoms with Crippen LogP contribution in [0.5, 0.6) is 5.75 Å². The van der Waals surface area contributed by atoms with Gasteiger partial charge in [-0.2, -0.15) is 0 Å². The fourth-order valence-electron chi connectivity index (χ4n) is 1.75. The number of halogens is 4. The van der Waals surface area contributed by atoms with Crippen LogP contribution in [0.1, 0.15) is 10.4 Å². The molecule has 0 unspecified atom stereocenters. The molecule has 2 aromatic carbocycles. The van der Waals surface area contributed by atoms with E-state index in [1.807, 2.05) is 0 Å². The maximum atomic E-state index is 13.4. The second-order valence-electron chi connectivity index (χ2n) is 4.79. The molecule has 26 heavy (non-hydrogen) atoms. The van der Waals surface area contributed by atoms with Gasteiger partial charge in [-0.1, -0.05) is 12.1 Å². The van der Waals surface area contributed by atoms with Crippen LogP contribution < -0.4 is 15.6 Å². The summed E-state index contributed by atoms with van der Waals surface area (Å²) < 4.78 is 53.3. The van der Waals surface area contributed by atoms with Crippen molar-refractivity contribution in [3.8, 4) is 5.75 Å². The summed E-state index contributed by atoms with van der Waals surface area (Å²) in [4.78, 5) is 23.8. The standard InChI is InChI=1S/C16H12F4N2O3S/c17-12-3-1-2-4-13(12)26-9-14(23)21-22-15(24)10-5-7-11(8-6-10)25-16(18,19)20/h1-8H,9H2,(H,21,23)(H,22,24). The van der Waals surface area contributed by atoms with Crippen molar-refractivity contribution in [2.75, 3.05) is 5.75 Å². The zero-order chi connectivity index (χ0) is 19.2. The monoisotopic (exact) mass is 388 g/mol. The molecule has 0 atom stereocenters. The number of amides is 2. The first-order valence-corrected chi connectivity index (χ1v) is 8.05. The molecular formula is C16H12F4N2O3S. The third-order valence-corrected chi connectivity index (χ3v) is 3.91. The third kappa shape index (κ3) is 6.28. The molecule has 138 valence electrons. The maximum Gasteiger partial charge on any atom is 0.573 e. The van der Waals surface area contributed by atoms with Crippen LogP contribution in [0.15, 0.2) is 53.4 Å². The van der Waals surface area contributed by atoms with Crippen LogP contribution in [0, 0.1) is 5.82 Å². The van der Waals surface area contributed by atoms with Gasteiger partial charge in [0.05, 0.1) is 5.75 Å². The SMILES string of the molecule is O=C(CSc1ccccc1F)NNC(=O)c1ccc(OC(F)(F)F)cc1. The molecule has 10 heteroatoms. The number of hydrogen-bond acceptors (Lipinski definition) is 4. The fraction of sp³-hybridized carbons (Fsp3) is 0.125. The van der Waals surface area contributed by atoms with E-state index in [1.54, 1.807) is 6.07 Å². The van der Waals surface area contributed by atoms with Crippen molar-refractivity contribution in [2.24, 2.45) is 0 Å². The van der Waals surface area contributed by atoms with Gasteiger partial charge in [0, 0.05) is 10.5 Å². The summed E-state index contributed by atoms with van der Waals surface area (Å²) in [7, 11) is 0. The number of nitrogens with one attached hydrogen (secondary N) is 2. The molecule has 0 aliphatic carbocycles. The summed E-state index contributed by atoms with van der Waals surface area (Å²) in [5, 5.41) is 0. The van der Waals surface area contributed by atoms with E-state index in [-0.39, 0.29) is 16.2 Å². The Bertz CT molecular complexity index is 782. The lowest BCUT2D eigenvalue weighted by Gasteiger charge is -2.10. The molecule has 5 nitrogen and oxygen atoms in total. The quantitative estimate of drug-likeness (QED) is 0.469. The molecule has 0 saturated carbocycles. The molecule has 0 aromatic heterocycles. The average molecular weight is 388 g/mol. The Morgan fingerprint density at radius 2 is 1.65 bits per heavy atom. The van der Waals surface area contributed by atoms with Gasteiger partial charge in [0.2, 0.25) is 5.91 Å². The van der Waals surface area contributed by atoms with Crippen LogP contribution in [0.4, 0.5) is 17.6 Å². The first-order valence-electron chi connectivity index (χ1n) is 7.07. The van der Waals surface area contributed by atoms with Crippen molar-refractivity contribution in [2.45, 2.75) is 11.3 Å². The molecule has 0 radical (unpaired) electrons. The number of alkyl halides is 3. The largest absolute Gasteiger partial charge is 0.573 e. The van der Waals surface area contributed by atoms with E-state index in [0.717, 1.165) is 36.0 Å². The van der Waals surface area contributed by atoms with Crippen LogP contribution in [0.2, 0.25) is 0 Å². The predicted octanol–water partition coefficient (Wildman–Crippen LogP) is 3.28. The van der Waals surface area contributed by atoms with Crippen LogP contribution in [0.25, 0.3) is 0 Å². The van der Waals surface area contributed by atoms with Crippen LogP contribution >= 0.6 is 11.8 Å².